The summed E-state index contributed by atoms with van der Waals surface area (Å²) in [5.41, 5.74) is 6.16. The molecular weight excluding hydrogens is 496 g/mol. The summed E-state index contributed by atoms with van der Waals surface area (Å²) < 4.78 is 6.04. The first kappa shape index (κ1) is 26.2. The molecule has 3 aromatic carbocycles. The van der Waals surface area contributed by atoms with E-state index in [1.165, 1.54) is 16.7 Å². The van der Waals surface area contributed by atoms with E-state index < -0.39 is 0 Å². The number of nitrogens with zero attached hydrogens (tertiary/aromatic N) is 2. The van der Waals surface area contributed by atoms with Crippen LogP contribution in [0.25, 0.3) is 0 Å². The van der Waals surface area contributed by atoms with Crippen LogP contribution in [0.3, 0.4) is 0 Å². The molecule has 6 heteroatoms. The lowest BCUT2D eigenvalue weighted by molar-refractivity contribution is -0.126. The molecule has 6 nitrogen and oxygen atoms in total. The molecule has 40 heavy (non-hydrogen) atoms. The number of rotatable bonds is 10. The third kappa shape index (κ3) is 6.41. The molecule has 0 radical (unpaired) electrons. The number of amides is 1. The maximum atomic E-state index is 13.5. The molecule has 2 aliphatic rings. The Hall–Kier alpha value is -4.00. The summed E-state index contributed by atoms with van der Waals surface area (Å²) in [5, 5.41) is 6.92. The zero-order valence-electron chi connectivity index (χ0n) is 22.7. The van der Waals surface area contributed by atoms with E-state index in [0.29, 0.717) is 19.2 Å². The van der Waals surface area contributed by atoms with Crippen LogP contribution in [0, 0.1) is 0 Å². The smallest absolute Gasteiger partial charge is 0.237 e. The highest BCUT2D eigenvalue weighted by Gasteiger charge is 2.41. The van der Waals surface area contributed by atoms with Crippen molar-refractivity contribution in [1.29, 1.82) is 0 Å². The van der Waals surface area contributed by atoms with Gasteiger partial charge in [0.05, 0.1) is 6.04 Å². The summed E-state index contributed by atoms with van der Waals surface area (Å²) in [7, 11) is 0. The highest BCUT2D eigenvalue weighted by molar-refractivity contribution is 5.82. The van der Waals surface area contributed by atoms with E-state index >= 15 is 0 Å². The number of ether oxygens (including phenoxy) is 1. The largest absolute Gasteiger partial charge is 0.489 e. The fourth-order valence-corrected chi connectivity index (χ4v) is 6.00. The van der Waals surface area contributed by atoms with Gasteiger partial charge in [0.2, 0.25) is 5.91 Å². The number of pyridine rings is 1. The minimum atomic E-state index is -0.158. The normalized spacial score (nSPS) is 18.9. The highest BCUT2D eigenvalue weighted by atomic mass is 16.5. The number of carbonyl (C=O) groups excluding carboxylic acids is 1. The van der Waals surface area contributed by atoms with E-state index in [-0.39, 0.29) is 18.0 Å². The molecule has 0 saturated carbocycles. The van der Waals surface area contributed by atoms with Gasteiger partial charge in [0.25, 0.3) is 0 Å². The van der Waals surface area contributed by atoms with Crippen molar-refractivity contribution in [1.82, 2.24) is 20.5 Å². The molecule has 1 saturated heterocycles. The van der Waals surface area contributed by atoms with Crippen molar-refractivity contribution < 1.29 is 9.53 Å². The van der Waals surface area contributed by atoms with Crippen LogP contribution in [-0.4, -0.2) is 40.5 Å². The van der Waals surface area contributed by atoms with Gasteiger partial charge in [-0.15, -0.1) is 0 Å². The van der Waals surface area contributed by atoms with Gasteiger partial charge in [0, 0.05) is 44.1 Å². The first-order valence-electron chi connectivity index (χ1n) is 14.2. The molecule has 2 atom stereocenters. The first-order chi connectivity index (χ1) is 19.7. The Bertz CT molecular complexity index is 1390. The van der Waals surface area contributed by atoms with E-state index in [1.807, 2.05) is 48.7 Å². The van der Waals surface area contributed by atoms with Gasteiger partial charge < -0.3 is 15.4 Å². The standard InChI is InChI=1S/C34H36N4O2/c39-34(37-22-27-11-7-15-35-20-27)33-19-30(23-38(33)31-17-28-12-4-5-13-29(28)18-31)36-21-26-10-6-14-32(16-26)40-24-25-8-2-1-3-9-25/h1-16,20,30-31,33,36H,17-19,21-24H2,(H,37,39)/t30-,33-/m0/s1. The molecule has 1 amide bonds. The van der Waals surface area contributed by atoms with Gasteiger partial charge in [0.1, 0.15) is 12.4 Å². The lowest BCUT2D eigenvalue weighted by Crippen LogP contribution is -2.48. The van der Waals surface area contributed by atoms with Crippen molar-refractivity contribution in [2.75, 3.05) is 6.54 Å². The number of benzene rings is 3. The molecule has 1 aromatic heterocycles. The molecule has 1 aliphatic carbocycles. The molecule has 1 aliphatic heterocycles. The molecule has 6 rings (SSSR count). The van der Waals surface area contributed by atoms with Gasteiger partial charge in [-0.25, -0.2) is 0 Å². The summed E-state index contributed by atoms with van der Waals surface area (Å²) in [4.78, 5) is 20.1. The molecule has 0 bridgehead atoms. The Kier molecular flexibility index (Phi) is 8.17. The topological polar surface area (TPSA) is 66.5 Å². The summed E-state index contributed by atoms with van der Waals surface area (Å²) in [6.45, 7) is 2.63. The zero-order chi connectivity index (χ0) is 27.1. The minimum absolute atomic E-state index is 0.0976. The predicted molar refractivity (Wildman–Crippen MR) is 157 cm³/mol. The second-order valence-electron chi connectivity index (χ2n) is 10.9. The maximum Gasteiger partial charge on any atom is 0.237 e. The van der Waals surface area contributed by atoms with Crippen molar-refractivity contribution in [3.63, 3.8) is 0 Å². The van der Waals surface area contributed by atoms with Crippen LogP contribution >= 0.6 is 0 Å². The number of fused-ring (bicyclic) bond motifs is 1. The fourth-order valence-electron chi connectivity index (χ4n) is 6.00. The van der Waals surface area contributed by atoms with Crippen LogP contribution in [0.2, 0.25) is 0 Å². The summed E-state index contributed by atoms with van der Waals surface area (Å²) in [6.07, 6.45) is 6.34. The van der Waals surface area contributed by atoms with Crippen LogP contribution in [0.4, 0.5) is 0 Å². The Morgan fingerprint density at radius 2 is 1.60 bits per heavy atom. The van der Waals surface area contributed by atoms with E-state index in [9.17, 15) is 4.79 Å². The van der Waals surface area contributed by atoms with Gasteiger partial charge in [0.15, 0.2) is 0 Å². The minimum Gasteiger partial charge on any atom is -0.489 e. The Morgan fingerprint density at radius 3 is 2.38 bits per heavy atom. The number of hydrogen-bond donors (Lipinski definition) is 2. The molecule has 2 heterocycles. The Morgan fingerprint density at radius 1 is 0.850 bits per heavy atom. The molecule has 4 aromatic rings. The van der Waals surface area contributed by atoms with E-state index in [2.05, 4.69) is 69.0 Å². The van der Waals surface area contributed by atoms with Crippen LogP contribution in [-0.2, 0) is 37.3 Å². The third-order valence-corrected chi connectivity index (χ3v) is 8.07. The number of likely N-dealkylation sites (tertiary alicyclic amines) is 1. The number of hydrogen-bond acceptors (Lipinski definition) is 5. The van der Waals surface area contributed by atoms with Crippen LogP contribution in [0.15, 0.2) is 103 Å². The fraction of sp³-hybridized carbons (Fsp3) is 0.294. The van der Waals surface area contributed by atoms with Crippen molar-refractivity contribution in [2.45, 2.75) is 57.1 Å². The van der Waals surface area contributed by atoms with E-state index in [4.69, 9.17) is 4.74 Å². The van der Waals surface area contributed by atoms with Crippen LogP contribution in [0.1, 0.15) is 34.2 Å². The zero-order valence-corrected chi connectivity index (χ0v) is 22.7. The Balaban J connectivity index is 1.09. The quantitative estimate of drug-likeness (QED) is 0.311. The van der Waals surface area contributed by atoms with Crippen molar-refractivity contribution >= 4 is 5.91 Å². The van der Waals surface area contributed by atoms with Crippen LogP contribution in [0.5, 0.6) is 5.75 Å². The monoisotopic (exact) mass is 532 g/mol. The SMILES string of the molecule is O=C(NCc1cccnc1)[C@@H]1C[C@H](NCc2cccc(OCc3ccccc3)c2)CN1C1Cc2ccccc2C1. The lowest BCUT2D eigenvalue weighted by Gasteiger charge is -2.29. The van der Waals surface area contributed by atoms with Gasteiger partial charge in [-0.1, -0.05) is 72.8 Å². The molecule has 204 valence electrons. The van der Waals surface area contributed by atoms with E-state index in [0.717, 1.165) is 49.2 Å². The second kappa shape index (κ2) is 12.5. The molecule has 0 unspecified atom stereocenters. The lowest BCUT2D eigenvalue weighted by atomic mass is 10.1. The number of carbonyl (C=O) groups is 1. The molecule has 2 N–H and O–H groups in total. The second-order valence-corrected chi connectivity index (χ2v) is 10.9. The molecular formula is C34H36N4O2. The molecule has 1 fully saturated rings. The first-order valence-corrected chi connectivity index (χ1v) is 14.2. The Labute approximate surface area is 236 Å². The van der Waals surface area contributed by atoms with E-state index in [1.54, 1.807) is 6.20 Å². The average Bonchev–Trinajstić information content (AvgIpc) is 3.64. The summed E-state index contributed by atoms with van der Waals surface area (Å²) in [5.74, 6) is 0.966. The van der Waals surface area contributed by atoms with Gasteiger partial charge >= 0.3 is 0 Å². The molecule has 0 spiro atoms. The average molecular weight is 533 g/mol. The van der Waals surface area contributed by atoms with Crippen molar-refractivity contribution in [2.24, 2.45) is 0 Å². The maximum absolute atomic E-state index is 13.5. The summed E-state index contributed by atoms with van der Waals surface area (Å²) >= 11 is 0. The highest BCUT2D eigenvalue weighted by Crippen LogP contribution is 2.31. The predicted octanol–water partition coefficient (Wildman–Crippen LogP) is 4.68. The summed E-state index contributed by atoms with van der Waals surface area (Å²) in [6, 6.07) is 31.5. The van der Waals surface area contributed by atoms with Gasteiger partial charge in [-0.05, 0) is 65.3 Å². The third-order valence-electron chi connectivity index (χ3n) is 8.07. The number of aromatic nitrogens is 1. The van der Waals surface area contributed by atoms with Crippen molar-refractivity contribution in [3.05, 3.63) is 131 Å². The van der Waals surface area contributed by atoms with Crippen LogP contribution < -0.4 is 15.4 Å². The number of nitrogens with one attached hydrogen (secondary N) is 2. The van der Waals surface area contributed by atoms with Gasteiger partial charge in [-0.2, -0.15) is 0 Å². The van der Waals surface area contributed by atoms with Gasteiger partial charge in [-0.3, -0.25) is 14.7 Å². The van der Waals surface area contributed by atoms with Crippen molar-refractivity contribution in [3.8, 4) is 5.75 Å².